The van der Waals surface area contributed by atoms with Crippen LogP contribution < -0.4 is 0 Å². The van der Waals surface area contributed by atoms with E-state index >= 15 is 0 Å². The van der Waals surface area contributed by atoms with Gasteiger partial charge in [0.25, 0.3) is 0 Å². The van der Waals surface area contributed by atoms with Crippen LogP contribution in [-0.4, -0.2) is 29.3 Å². The van der Waals surface area contributed by atoms with Gasteiger partial charge in [-0.3, -0.25) is 4.68 Å². The molecule has 16 heavy (non-hydrogen) atoms. The fourth-order valence-electron chi connectivity index (χ4n) is 1.92. The molecule has 0 saturated carbocycles. The zero-order chi connectivity index (χ0) is 11.6. The lowest BCUT2D eigenvalue weighted by atomic mass is 10.1. The standard InChI is InChI=1S/C12H20N2OS/c1-12(2,16-3)10-8-13-14(9-10)11-4-6-15-7-5-11/h8-9,11H,4-7H2,1-3H3. The summed E-state index contributed by atoms with van der Waals surface area (Å²) in [7, 11) is 0. The second-order valence-electron chi connectivity index (χ2n) is 4.77. The van der Waals surface area contributed by atoms with E-state index in [1.165, 1.54) is 5.56 Å². The lowest BCUT2D eigenvalue weighted by Crippen LogP contribution is -2.20. The van der Waals surface area contributed by atoms with Crippen molar-refractivity contribution in [3.8, 4) is 0 Å². The van der Waals surface area contributed by atoms with Gasteiger partial charge in [0, 0.05) is 29.7 Å². The Morgan fingerprint density at radius 3 is 2.75 bits per heavy atom. The zero-order valence-electron chi connectivity index (χ0n) is 10.3. The summed E-state index contributed by atoms with van der Waals surface area (Å²) in [5.41, 5.74) is 1.31. The lowest BCUT2D eigenvalue weighted by Gasteiger charge is -2.23. The molecule has 1 aliphatic rings. The Morgan fingerprint density at radius 2 is 2.12 bits per heavy atom. The molecular formula is C12H20N2OS. The Bertz CT molecular complexity index is 343. The van der Waals surface area contributed by atoms with Gasteiger partial charge in [-0.2, -0.15) is 16.9 Å². The number of ether oxygens (including phenoxy) is 1. The second kappa shape index (κ2) is 4.80. The maximum Gasteiger partial charge on any atom is 0.0563 e. The monoisotopic (exact) mass is 240 g/mol. The van der Waals surface area contributed by atoms with Crippen molar-refractivity contribution in [2.45, 2.75) is 37.5 Å². The molecule has 0 radical (unpaired) electrons. The summed E-state index contributed by atoms with van der Waals surface area (Å²) < 4.78 is 7.65. The molecule has 0 unspecified atom stereocenters. The van der Waals surface area contributed by atoms with E-state index in [-0.39, 0.29) is 4.75 Å². The van der Waals surface area contributed by atoms with Crippen LogP contribution in [0.4, 0.5) is 0 Å². The minimum atomic E-state index is 0.156. The summed E-state index contributed by atoms with van der Waals surface area (Å²) in [6.45, 7) is 6.21. The van der Waals surface area contributed by atoms with Gasteiger partial charge in [0.2, 0.25) is 0 Å². The highest BCUT2D eigenvalue weighted by Gasteiger charge is 2.23. The predicted octanol–water partition coefficient (Wildman–Crippen LogP) is 2.83. The molecule has 0 bridgehead atoms. The Morgan fingerprint density at radius 1 is 1.44 bits per heavy atom. The molecule has 0 aromatic carbocycles. The third-order valence-electron chi connectivity index (χ3n) is 3.37. The summed E-state index contributed by atoms with van der Waals surface area (Å²) in [5.74, 6) is 0. The first-order valence-corrected chi connectivity index (χ1v) is 7.03. The average Bonchev–Trinajstić information content (AvgIpc) is 2.80. The predicted molar refractivity (Wildman–Crippen MR) is 67.9 cm³/mol. The largest absolute Gasteiger partial charge is 0.381 e. The van der Waals surface area contributed by atoms with Crippen molar-refractivity contribution in [3.05, 3.63) is 18.0 Å². The first-order chi connectivity index (χ1) is 7.63. The average molecular weight is 240 g/mol. The van der Waals surface area contributed by atoms with Crippen LogP contribution in [0.2, 0.25) is 0 Å². The lowest BCUT2D eigenvalue weighted by molar-refractivity contribution is 0.0662. The van der Waals surface area contributed by atoms with E-state index in [1.54, 1.807) is 0 Å². The molecule has 1 fully saturated rings. The summed E-state index contributed by atoms with van der Waals surface area (Å²) in [5, 5.41) is 4.50. The highest BCUT2D eigenvalue weighted by molar-refractivity contribution is 7.99. The summed E-state index contributed by atoms with van der Waals surface area (Å²) >= 11 is 1.86. The molecule has 2 heterocycles. The van der Waals surface area contributed by atoms with E-state index < -0.39 is 0 Å². The van der Waals surface area contributed by atoms with E-state index in [0.29, 0.717) is 6.04 Å². The van der Waals surface area contributed by atoms with Crippen LogP contribution in [-0.2, 0) is 9.48 Å². The van der Waals surface area contributed by atoms with Crippen molar-refractivity contribution in [1.82, 2.24) is 9.78 Å². The maximum absolute atomic E-state index is 5.37. The fourth-order valence-corrected chi connectivity index (χ4v) is 2.26. The van der Waals surface area contributed by atoms with Crippen molar-refractivity contribution >= 4 is 11.8 Å². The molecule has 2 rings (SSSR count). The first kappa shape index (κ1) is 12.0. The molecule has 1 aromatic rings. The minimum absolute atomic E-state index is 0.156. The van der Waals surface area contributed by atoms with E-state index in [9.17, 15) is 0 Å². The summed E-state index contributed by atoms with van der Waals surface area (Å²) in [6.07, 6.45) is 8.52. The van der Waals surface area contributed by atoms with Gasteiger partial charge in [0.05, 0.1) is 12.2 Å². The van der Waals surface area contributed by atoms with Gasteiger partial charge in [0.1, 0.15) is 0 Å². The normalized spacial score (nSPS) is 18.9. The van der Waals surface area contributed by atoms with Gasteiger partial charge in [-0.05, 0) is 32.9 Å². The van der Waals surface area contributed by atoms with Crippen LogP contribution in [0.1, 0.15) is 38.3 Å². The van der Waals surface area contributed by atoms with Gasteiger partial charge < -0.3 is 4.74 Å². The van der Waals surface area contributed by atoms with Gasteiger partial charge >= 0.3 is 0 Å². The zero-order valence-corrected chi connectivity index (χ0v) is 11.1. The number of nitrogens with zero attached hydrogens (tertiary/aromatic N) is 2. The fraction of sp³-hybridized carbons (Fsp3) is 0.750. The van der Waals surface area contributed by atoms with Crippen molar-refractivity contribution in [2.75, 3.05) is 19.5 Å². The van der Waals surface area contributed by atoms with Crippen molar-refractivity contribution in [1.29, 1.82) is 0 Å². The topological polar surface area (TPSA) is 27.1 Å². The highest BCUT2D eigenvalue weighted by Crippen LogP contribution is 2.34. The SMILES string of the molecule is CSC(C)(C)c1cnn(C2CCOCC2)c1. The molecule has 0 aliphatic carbocycles. The van der Waals surface area contributed by atoms with E-state index in [1.807, 2.05) is 18.0 Å². The highest BCUT2D eigenvalue weighted by atomic mass is 32.2. The molecule has 0 atom stereocenters. The number of hydrogen-bond donors (Lipinski definition) is 0. The molecule has 0 N–H and O–H groups in total. The molecule has 0 amide bonds. The van der Waals surface area contributed by atoms with Gasteiger partial charge in [-0.1, -0.05) is 0 Å². The molecule has 1 aromatic heterocycles. The molecule has 1 saturated heterocycles. The van der Waals surface area contributed by atoms with Crippen LogP contribution in [0, 0.1) is 0 Å². The van der Waals surface area contributed by atoms with Crippen LogP contribution in [0.3, 0.4) is 0 Å². The molecule has 3 nitrogen and oxygen atoms in total. The Hall–Kier alpha value is -0.480. The van der Waals surface area contributed by atoms with E-state index in [2.05, 4.69) is 36.1 Å². The number of rotatable bonds is 3. The second-order valence-corrected chi connectivity index (χ2v) is 6.20. The molecular weight excluding hydrogens is 220 g/mol. The quantitative estimate of drug-likeness (QED) is 0.813. The molecule has 0 spiro atoms. The Kier molecular flexibility index (Phi) is 3.60. The van der Waals surface area contributed by atoms with Crippen molar-refractivity contribution in [3.63, 3.8) is 0 Å². The third-order valence-corrected chi connectivity index (χ3v) is 4.63. The van der Waals surface area contributed by atoms with Crippen LogP contribution >= 0.6 is 11.8 Å². The van der Waals surface area contributed by atoms with Crippen LogP contribution in [0.15, 0.2) is 12.4 Å². The van der Waals surface area contributed by atoms with Crippen molar-refractivity contribution < 1.29 is 4.74 Å². The van der Waals surface area contributed by atoms with Gasteiger partial charge in [-0.25, -0.2) is 0 Å². The van der Waals surface area contributed by atoms with Crippen molar-refractivity contribution in [2.24, 2.45) is 0 Å². The maximum atomic E-state index is 5.37. The molecule has 1 aliphatic heterocycles. The van der Waals surface area contributed by atoms with Gasteiger partial charge in [-0.15, -0.1) is 0 Å². The molecule has 4 heteroatoms. The van der Waals surface area contributed by atoms with Gasteiger partial charge in [0.15, 0.2) is 0 Å². The van der Waals surface area contributed by atoms with E-state index in [4.69, 9.17) is 4.74 Å². The smallest absolute Gasteiger partial charge is 0.0563 e. The Labute approximate surface area is 102 Å². The van der Waals surface area contributed by atoms with Crippen LogP contribution in [0.5, 0.6) is 0 Å². The van der Waals surface area contributed by atoms with Crippen LogP contribution in [0.25, 0.3) is 0 Å². The number of hydrogen-bond acceptors (Lipinski definition) is 3. The van der Waals surface area contributed by atoms with E-state index in [0.717, 1.165) is 26.1 Å². The Balaban J connectivity index is 2.12. The summed E-state index contributed by atoms with van der Waals surface area (Å²) in [4.78, 5) is 0. The minimum Gasteiger partial charge on any atom is -0.381 e. The first-order valence-electron chi connectivity index (χ1n) is 5.81. The number of thioether (sulfide) groups is 1. The third kappa shape index (κ3) is 2.43. The molecule has 90 valence electrons. The number of aromatic nitrogens is 2. The summed E-state index contributed by atoms with van der Waals surface area (Å²) in [6, 6.07) is 0.528.